The third-order valence-corrected chi connectivity index (χ3v) is 5.86. The number of nitrogens with one attached hydrogen (secondary N) is 3. The monoisotopic (exact) mass is 433 g/mol. The number of hydrogen-bond donors (Lipinski definition) is 3. The Morgan fingerprint density at radius 1 is 0.900 bits per heavy atom. The van der Waals surface area contributed by atoms with Gasteiger partial charge in [-0.2, -0.15) is 0 Å². The second kappa shape index (κ2) is 11.8. The molecule has 0 saturated carbocycles. The van der Waals surface area contributed by atoms with Crippen LogP contribution in [0, 0.1) is 0 Å². The minimum atomic E-state index is -3.22. The van der Waals surface area contributed by atoms with Crippen LogP contribution in [0.3, 0.4) is 0 Å². The summed E-state index contributed by atoms with van der Waals surface area (Å²) in [7, 11) is -1.70. The van der Waals surface area contributed by atoms with Gasteiger partial charge in [0.1, 0.15) is 5.75 Å². The Labute approximate surface area is 176 Å². The van der Waals surface area contributed by atoms with Crippen molar-refractivity contribution in [1.29, 1.82) is 0 Å². The van der Waals surface area contributed by atoms with Crippen molar-refractivity contribution < 1.29 is 22.7 Å². The van der Waals surface area contributed by atoms with Gasteiger partial charge in [-0.15, -0.1) is 0 Å². The molecule has 0 radical (unpaired) electrons. The number of carbonyl (C=O) groups excluding carboxylic acids is 2. The number of methoxy groups -OCH3 is 1. The average molecular weight is 434 g/mol. The summed E-state index contributed by atoms with van der Waals surface area (Å²) >= 11 is 0. The van der Waals surface area contributed by atoms with Gasteiger partial charge in [0.15, 0.2) is 9.84 Å². The molecule has 0 aliphatic carbocycles. The van der Waals surface area contributed by atoms with Crippen molar-refractivity contribution in [2.75, 3.05) is 32.5 Å². The van der Waals surface area contributed by atoms with Gasteiger partial charge in [-0.1, -0.05) is 36.4 Å². The Morgan fingerprint density at radius 2 is 1.60 bits per heavy atom. The highest BCUT2D eigenvalue weighted by atomic mass is 32.2. The number of sulfone groups is 1. The van der Waals surface area contributed by atoms with Crippen molar-refractivity contribution in [2.45, 2.75) is 12.2 Å². The van der Waals surface area contributed by atoms with Gasteiger partial charge >= 0.3 is 6.03 Å². The molecule has 0 unspecified atom stereocenters. The summed E-state index contributed by atoms with van der Waals surface area (Å²) in [6.07, 6.45) is 0.329. The second-order valence-corrected chi connectivity index (χ2v) is 8.79. The smallest absolute Gasteiger partial charge is 0.314 e. The summed E-state index contributed by atoms with van der Waals surface area (Å²) in [5.74, 6) is 0.317. The van der Waals surface area contributed by atoms with Crippen LogP contribution in [0.15, 0.2) is 54.6 Å². The quantitative estimate of drug-likeness (QED) is 0.467. The summed E-state index contributed by atoms with van der Waals surface area (Å²) in [6.45, 7) is 0.749. The van der Waals surface area contributed by atoms with Crippen molar-refractivity contribution in [3.8, 4) is 5.75 Å². The minimum absolute atomic E-state index is 0.00122. The van der Waals surface area contributed by atoms with Crippen molar-refractivity contribution >= 4 is 21.8 Å². The Morgan fingerprint density at radius 3 is 2.33 bits per heavy atom. The first-order valence-corrected chi connectivity index (χ1v) is 11.4. The van der Waals surface area contributed by atoms with E-state index in [1.165, 1.54) is 7.11 Å². The van der Waals surface area contributed by atoms with Gasteiger partial charge in [-0.05, 0) is 30.2 Å². The molecule has 0 aliphatic heterocycles. The normalized spacial score (nSPS) is 10.8. The number of urea groups is 1. The largest absolute Gasteiger partial charge is 0.497 e. The van der Waals surface area contributed by atoms with E-state index in [9.17, 15) is 18.0 Å². The molecule has 3 N–H and O–H groups in total. The maximum Gasteiger partial charge on any atom is 0.314 e. The lowest BCUT2D eigenvalue weighted by Crippen LogP contribution is -2.40. The molecule has 0 saturated heterocycles. The molecule has 9 heteroatoms. The van der Waals surface area contributed by atoms with Crippen molar-refractivity contribution in [1.82, 2.24) is 16.0 Å². The Hall–Kier alpha value is -3.07. The first kappa shape index (κ1) is 23.2. The lowest BCUT2D eigenvalue weighted by Gasteiger charge is -2.09. The van der Waals surface area contributed by atoms with Gasteiger partial charge in [-0.3, -0.25) is 4.79 Å². The Kier molecular flexibility index (Phi) is 9.14. The lowest BCUT2D eigenvalue weighted by atomic mass is 10.2. The van der Waals surface area contributed by atoms with E-state index in [0.717, 1.165) is 5.56 Å². The predicted octanol–water partition coefficient (Wildman–Crippen LogP) is 1.73. The molecule has 0 atom stereocenters. The van der Waals surface area contributed by atoms with E-state index in [1.807, 2.05) is 6.07 Å². The lowest BCUT2D eigenvalue weighted by molar-refractivity contribution is 0.0953. The molecule has 0 fully saturated rings. The van der Waals surface area contributed by atoms with Crippen LogP contribution in [-0.4, -0.2) is 52.9 Å². The number of carbonyl (C=O) groups is 2. The minimum Gasteiger partial charge on any atom is -0.497 e. The maximum absolute atomic E-state index is 12.1. The van der Waals surface area contributed by atoms with Gasteiger partial charge in [0.2, 0.25) is 0 Å². The topological polar surface area (TPSA) is 114 Å². The Bertz CT molecular complexity index is 933. The molecule has 0 bridgehead atoms. The summed E-state index contributed by atoms with van der Waals surface area (Å²) in [4.78, 5) is 23.8. The van der Waals surface area contributed by atoms with Gasteiger partial charge in [-0.25, -0.2) is 13.2 Å². The van der Waals surface area contributed by atoms with Crippen LogP contribution < -0.4 is 20.7 Å². The highest BCUT2D eigenvalue weighted by molar-refractivity contribution is 7.90. The molecule has 2 rings (SSSR count). The fraction of sp³-hybridized carbons (Fsp3) is 0.333. The number of rotatable bonds is 11. The number of amides is 3. The van der Waals surface area contributed by atoms with Crippen LogP contribution in [0.25, 0.3) is 0 Å². The zero-order chi connectivity index (χ0) is 21.8. The van der Waals surface area contributed by atoms with Crippen LogP contribution >= 0.6 is 0 Å². The van der Waals surface area contributed by atoms with E-state index < -0.39 is 15.9 Å². The highest BCUT2D eigenvalue weighted by Crippen LogP contribution is 2.12. The van der Waals surface area contributed by atoms with E-state index in [1.54, 1.807) is 48.5 Å². The molecular weight excluding hydrogens is 406 g/mol. The fourth-order valence-corrected chi connectivity index (χ4v) is 4.10. The van der Waals surface area contributed by atoms with Crippen LogP contribution in [0.4, 0.5) is 4.79 Å². The first-order chi connectivity index (χ1) is 14.4. The molecule has 162 valence electrons. The standard InChI is InChI=1S/C21H27N3O5S/c1-29-19-10-5-9-18(15-19)20(25)22-12-13-24-21(26)23-11-6-14-30(27,28)16-17-7-3-2-4-8-17/h2-5,7-10,15H,6,11-14,16H2,1H3,(H,22,25)(H2,23,24,26). The van der Waals surface area contributed by atoms with Gasteiger partial charge < -0.3 is 20.7 Å². The molecule has 0 aromatic heterocycles. The second-order valence-electron chi connectivity index (χ2n) is 6.60. The molecule has 0 aliphatic rings. The van der Waals surface area contributed by atoms with E-state index in [-0.39, 0.29) is 37.0 Å². The average Bonchev–Trinajstić information content (AvgIpc) is 2.74. The van der Waals surface area contributed by atoms with Crippen LogP contribution in [0.2, 0.25) is 0 Å². The zero-order valence-corrected chi connectivity index (χ0v) is 17.7. The van der Waals surface area contributed by atoms with Crippen molar-refractivity contribution in [2.24, 2.45) is 0 Å². The number of hydrogen-bond acceptors (Lipinski definition) is 5. The number of benzene rings is 2. The van der Waals surface area contributed by atoms with E-state index in [0.29, 0.717) is 17.7 Å². The number of ether oxygens (including phenoxy) is 1. The third kappa shape index (κ3) is 8.52. The molecular formula is C21H27N3O5S. The van der Waals surface area contributed by atoms with Crippen molar-refractivity contribution in [3.05, 3.63) is 65.7 Å². The maximum atomic E-state index is 12.1. The summed E-state index contributed by atoms with van der Waals surface area (Å²) in [6, 6.07) is 15.3. The van der Waals surface area contributed by atoms with Crippen molar-refractivity contribution in [3.63, 3.8) is 0 Å². The summed E-state index contributed by atoms with van der Waals surface area (Å²) in [5, 5.41) is 7.92. The van der Waals surface area contributed by atoms with E-state index in [2.05, 4.69) is 16.0 Å². The van der Waals surface area contributed by atoms with Gasteiger partial charge in [0.25, 0.3) is 5.91 Å². The molecule has 0 heterocycles. The predicted molar refractivity (Wildman–Crippen MR) is 115 cm³/mol. The molecule has 2 aromatic rings. The van der Waals surface area contributed by atoms with Gasteiger partial charge in [0, 0.05) is 25.2 Å². The van der Waals surface area contributed by atoms with E-state index >= 15 is 0 Å². The third-order valence-electron chi connectivity index (χ3n) is 4.18. The summed E-state index contributed by atoms with van der Waals surface area (Å²) < 4.78 is 29.3. The van der Waals surface area contributed by atoms with Crippen LogP contribution in [-0.2, 0) is 15.6 Å². The van der Waals surface area contributed by atoms with Gasteiger partial charge in [0.05, 0.1) is 18.6 Å². The highest BCUT2D eigenvalue weighted by Gasteiger charge is 2.12. The fourth-order valence-electron chi connectivity index (χ4n) is 2.68. The molecule has 30 heavy (non-hydrogen) atoms. The Balaban J connectivity index is 1.58. The summed E-state index contributed by atoms with van der Waals surface area (Å²) in [5.41, 5.74) is 1.22. The SMILES string of the molecule is COc1cccc(C(=O)NCCNC(=O)NCCCS(=O)(=O)Cc2ccccc2)c1. The first-order valence-electron chi connectivity index (χ1n) is 9.58. The molecule has 2 aromatic carbocycles. The molecule has 0 spiro atoms. The zero-order valence-electron chi connectivity index (χ0n) is 16.9. The van der Waals surface area contributed by atoms with Crippen LogP contribution in [0.1, 0.15) is 22.3 Å². The molecule has 3 amide bonds. The molecule has 8 nitrogen and oxygen atoms in total. The van der Waals surface area contributed by atoms with E-state index in [4.69, 9.17) is 4.74 Å². The van der Waals surface area contributed by atoms with Crippen LogP contribution in [0.5, 0.6) is 5.75 Å².